The van der Waals surface area contributed by atoms with E-state index in [0.29, 0.717) is 27.6 Å². The van der Waals surface area contributed by atoms with E-state index in [1.54, 1.807) is 48.5 Å². The van der Waals surface area contributed by atoms with Gasteiger partial charge in [0, 0.05) is 11.3 Å². The summed E-state index contributed by atoms with van der Waals surface area (Å²) >= 11 is 11.7. The van der Waals surface area contributed by atoms with Crippen LogP contribution < -0.4 is 20.2 Å². The largest absolute Gasteiger partial charge is 0.497 e. The Balaban J connectivity index is 1.63. The third-order valence-corrected chi connectivity index (χ3v) is 4.92. The number of para-hydroxylation sites is 1. The van der Waals surface area contributed by atoms with E-state index in [9.17, 15) is 14.4 Å². The highest BCUT2D eigenvalue weighted by molar-refractivity contribution is 6.43. The molecule has 2 N–H and O–H groups in total. The predicted molar refractivity (Wildman–Crippen MR) is 125 cm³/mol. The topological polar surface area (TPSA) is 106 Å². The van der Waals surface area contributed by atoms with Crippen LogP contribution in [-0.4, -0.2) is 31.1 Å². The first kappa shape index (κ1) is 23.8. The number of benzene rings is 3. The number of ether oxygens (including phenoxy) is 2. The molecule has 0 spiro atoms. The number of anilines is 1. The van der Waals surface area contributed by atoms with Crippen LogP contribution in [0.4, 0.5) is 5.69 Å². The number of nitrogens with zero attached hydrogens (tertiary/aromatic N) is 1. The highest BCUT2D eigenvalue weighted by Crippen LogP contribution is 2.25. The summed E-state index contributed by atoms with van der Waals surface area (Å²) in [5.41, 5.74) is 3.10. The second-order valence-corrected chi connectivity index (χ2v) is 7.26. The van der Waals surface area contributed by atoms with Crippen LogP contribution in [0, 0.1) is 0 Å². The van der Waals surface area contributed by atoms with E-state index in [1.165, 1.54) is 31.5 Å². The number of hydrogen-bond acceptors (Lipinski definition) is 6. The van der Waals surface area contributed by atoms with Crippen LogP contribution in [0.25, 0.3) is 0 Å². The van der Waals surface area contributed by atoms with Crippen LogP contribution in [0.15, 0.2) is 71.8 Å². The summed E-state index contributed by atoms with van der Waals surface area (Å²) in [6.07, 6.45) is 1.25. The van der Waals surface area contributed by atoms with Crippen molar-refractivity contribution in [3.8, 4) is 11.5 Å². The van der Waals surface area contributed by atoms with Crippen LogP contribution in [0.2, 0.25) is 10.0 Å². The normalized spacial score (nSPS) is 10.5. The summed E-state index contributed by atoms with van der Waals surface area (Å²) in [7, 11) is 1.50. The van der Waals surface area contributed by atoms with Gasteiger partial charge in [0.2, 0.25) is 0 Å². The van der Waals surface area contributed by atoms with Crippen molar-refractivity contribution in [2.75, 3.05) is 12.4 Å². The first-order chi connectivity index (χ1) is 15.9. The lowest BCUT2D eigenvalue weighted by Crippen LogP contribution is -2.32. The van der Waals surface area contributed by atoms with E-state index < -0.39 is 17.8 Å². The molecule has 0 aliphatic heterocycles. The van der Waals surface area contributed by atoms with Crippen LogP contribution >= 0.6 is 23.2 Å². The van der Waals surface area contributed by atoms with Crippen molar-refractivity contribution < 1.29 is 23.9 Å². The van der Waals surface area contributed by atoms with Gasteiger partial charge < -0.3 is 14.8 Å². The Morgan fingerprint density at radius 3 is 2.45 bits per heavy atom. The standard InChI is InChI=1S/C23H17Cl2N3O5/c1-32-17-7-4-6-14(11-17)23(31)33-20-8-3-2-5-15(20)13-26-28-22(30)21(29)27-16-9-10-18(24)19(25)12-16/h2-13H,1H3,(H,27,29)(H,28,30)/b26-13+. The molecule has 2 amide bonds. The van der Waals surface area contributed by atoms with Crippen molar-refractivity contribution in [1.82, 2.24) is 5.43 Å². The van der Waals surface area contributed by atoms with Crippen LogP contribution in [0.5, 0.6) is 11.5 Å². The highest BCUT2D eigenvalue weighted by atomic mass is 35.5. The van der Waals surface area contributed by atoms with E-state index in [0.717, 1.165) is 0 Å². The summed E-state index contributed by atoms with van der Waals surface area (Å²) in [5, 5.41) is 6.68. The summed E-state index contributed by atoms with van der Waals surface area (Å²) < 4.78 is 10.5. The Labute approximate surface area is 199 Å². The molecule has 33 heavy (non-hydrogen) atoms. The van der Waals surface area contributed by atoms with Crippen molar-refractivity contribution in [3.63, 3.8) is 0 Å². The molecule has 0 saturated heterocycles. The molecule has 0 aliphatic carbocycles. The SMILES string of the molecule is COc1cccc(C(=O)Oc2ccccc2/C=N/NC(=O)C(=O)Nc2ccc(Cl)c(Cl)c2)c1. The molecule has 168 valence electrons. The molecule has 3 aromatic carbocycles. The second-order valence-electron chi connectivity index (χ2n) is 6.44. The quantitative estimate of drug-likeness (QED) is 0.178. The predicted octanol–water partition coefficient (Wildman–Crippen LogP) is 4.31. The molecule has 8 nitrogen and oxygen atoms in total. The maximum Gasteiger partial charge on any atom is 0.343 e. The first-order valence-corrected chi connectivity index (χ1v) is 10.2. The zero-order valence-corrected chi connectivity index (χ0v) is 18.7. The lowest BCUT2D eigenvalue weighted by molar-refractivity contribution is -0.136. The second kappa shape index (κ2) is 11.1. The summed E-state index contributed by atoms with van der Waals surface area (Å²) in [6.45, 7) is 0. The van der Waals surface area contributed by atoms with Gasteiger partial charge in [-0.2, -0.15) is 5.10 Å². The highest BCUT2D eigenvalue weighted by Gasteiger charge is 2.14. The van der Waals surface area contributed by atoms with Gasteiger partial charge in [-0.3, -0.25) is 9.59 Å². The van der Waals surface area contributed by atoms with Gasteiger partial charge in [0.05, 0.1) is 28.9 Å². The van der Waals surface area contributed by atoms with Crippen molar-refractivity contribution >= 4 is 52.9 Å². The number of carbonyl (C=O) groups excluding carboxylic acids is 3. The van der Waals surface area contributed by atoms with Gasteiger partial charge in [0.25, 0.3) is 0 Å². The molecular weight excluding hydrogens is 469 g/mol. The van der Waals surface area contributed by atoms with Crippen molar-refractivity contribution in [1.29, 1.82) is 0 Å². The van der Waals surface area contributed by atoms with Gasteiger partial charge in [-0.25, -0.2) is 10.2 Å². The minimum Gasteiger partial charge on any atom is -0.497 e. The molecular formula is C23H17Cl2N3O5. The van der Waals surface area contributed by atoms with E-state index in [1.807, 2.05) is 0 Å². The Morgan fingerprint density at radius 2 is 1.70 bits per heavy atom. The van der Waals surface area contributed by atoms with Gasteiger partial charge in [0.1, 0.15) is 11.5 Å². The lowest BCUT2D eigenvalue weighted by atomic mass is 10.2. The number of halogens is 2. The van der Waals surface area contributed by atoms with Gasteiger partial charge in [-0.05, 0) is 48.5 Å². The molecule has 3 aromatic rings. The van der Waals surface area contributed by atoms with Gasteiger partial charge in [0.15, 0.2) is 0 Å². The third kappa shape index (κ3) is 6.55. The Kier molecular flexibility index (Phi) is 8.01. The zero-order chi connectivity index (χ0) is 23.8. The zero-order valence-electron chi connectivity index (χ0n) is 17.2. The Morgan fingerprint density at radius 1 is 0.909 bits per heavy atom. The fourth-order valence-corrected chi connectivity index (χ4v) is 2.86. The summed E-state index contributed by atoms with van der Waals surface area (Å²) in [5.74, 6) is -1.84. The maximum absolute atomic E-state index is 12.5. The molecule has 0 saturated carbocycles. The van der Waals surface area contributed by atoms with Gasteiger partial charge in [-0.15, -0.1) is 0 Å². The molecule has 0 radical (unpaired) electrons. The molecule has 0 aromatic heterocycles. The fraction of sp³-hybridized carbons (Fsp3) is 0.0435. The maximum atomic E-state index is 12.5. The van der Waals surface area contributed by atoms with E-state index in [2.05, 4.69) is 15.8 Å². The lowest BCUT2D eigenvalue weighted by Gasteiger charge is -2.08. The number of hydrogen-bond donors (Lipinski definition) is 2. The smallest absolute Gasteiger partial charge is 0.343 e. The van der Waals surface area contributed by atoms with Crippen molar-refractivity contribution in [2.45, 2.75) is 0 Å². The Bertz CT molecular complexity index is 1230. The van der Waals surface area contributed by atoms with E-state index in [-0.39, 0.29) is 10.8 Å². The number of hydrazone groups is 1. The number of carbonyl (C=O) groups is 3. The fourth-order valence-electron chi connectivity index (χ4n) is 2.56. The molecule has 0 fully saturated rings. The number of nitrogens with one attached hydrogen (secondary N) is 2. The minimum atomic E-state index is -1.01. The van der Waals surface area contributed by atoms with Crippen molar-refractivity contribution in [2.24, 2.45) is 5.10 Å². The average molecular weight is 486 g/mol. The van der Waals surface area contributed by atoms with E-state index >= 15 is 0 Å². The number of amides is 2. The van der Waals surface area contributed by atoms with Gasteiger partial charge >= 0.3 is 17.8 Å². The molecule has 0 atom stereocenters. The molecule has 0 heterocycles. The molecule has 0 aliphatic rings. The average Bonchev–Trinajstić information content (AvgIpc) is 2.82. The molecule has 10 heteroatoms. The number of esters is 1. The molecule has 0 bridgehead atoms. The van der Waals surface area contributed by atoms with Crippen LogP contribution in [-0.2, 0) is 9.59 Å². The number of methoxy groups -OCH3 is 1. The van der Waals surface area contributed by atoms with Crippen molar-refractivity contribution in [3.05, 3.63) is 87.9 Å². The van der Waals surface area contributed by atoms with Gasteiger partial charge in [-0.1, -0.05) is 41.4 Å². The molecule has 3 rings (SSSR count). The Hall–Kier alpha value is -3.88. The van der Waals surface area contributed by atoms with Crippen LogP contribution in [0.1, 0.15) is 15.9 Å². The third-order valence-electron chi connectivity index (χ3n) is 4.18. The summed E-state index contributed by atoms with van der Waals surface area (Å²) in [6, 6.07) is 17.5. The first-order valence-electron chi connectivity index (χ1n) is 9.42. The summed E-state index contributed by atoms with van der Waals surface area (Å²) in [4.78, 5) is 36.5. The number of rotatable bonds is 6. The molecule has 0 unspecified atom stereocenters. The van der Waals surface area contributed by atoms with Crippen LogP contribution in [0.3, 0.4) is 0 Å². The minimum absolute atomic E-state index is 0.212. The monoisotopic (exact) mass is 485 g/mol. The van der Waals surface area contributed by atoms with E-state index in [4.69, 9.17) is 32.7 Å².